The highest BCUT2D eigenvalue weighted by Gasteiger charge is 2.23. The minimum Gasteiger partial charge on any atom is -0.379 e. The molecule has 1 fully saturated rings. The average molecular weight is 336 g/mol. The molecule has 0 saturated carbocycles. The lowest BCUT2D eigenvalue weighted by atomic mass is 10.2. The first-order chi connectivity index (χ1) is 11.0. The first kappa shape index (κ1) is 15.5. The summed E-state index contributed by atoms with van der Waals surface area (Å²) >= 11 is 0. The fourth-order valence-corrected chi connectivity index (χ4v) is 3.26. The summed E-state index contributed by atoms with van der Waals surface area (Å²) in [7, 11) is -3.99. The van der Waals surface area contributed by atoms with E-state index in [1.807, 2.05) is 6.07 Å². The third-order valence-corrected chi connectivity index (χ3v) is 4.83. The second-order valence-electron chi connectivity index (χ2n) is 5.09. The lowest BCUT2D eigenvalue weighted by Gasteiger charge is -2.08. The first-order valence-electron chi connectivity index (χ1n) is 6.84. The van der Waals surface area contributed by atoms with Crippen LogP contribution < -0.4 is 4.72 Å². The summed E-state index contributed by atoms with van der Waals surface area (Å²) < 4.78 is 47.3. The quantitative estimate of drug-likeness (QED) is 0.916. The molecule has 23 heavy (non-hydrogen) atoms. The monoisotopic (exact) mass is 336 g/mol. The fraction of sp³-hybridized carbons (Fsp3) is 0.286. The standard InChI is InChI=1S/C14H13FN4O3S/c15-13-2-1-10(6-16)5-14(13)18-23(20,21)12-7-17-19(8-12)11-3-4-22-9-11/h1-2,5,7-8,11,18H,3-4,9H2. The van der Waals surface area contributed by atoms with Crippen LogP contribution in [0.2, 0.25) is 0 Å². The molecule has 0 amide bonds. The van der Waals surface area contributed by atoms with Gasteiger partial charge in [-0.1, -0.05) is 0 Å². The van der Waals surface area contributed by atoms with E-state index in [4.69, 9.17) is 10.00 Å². The Hall–Kier alpha value is -2.44. The van der Waals surface area contributed by atoms with E-state index in [0.29, 0.717) is 13.2 Å². The molecule has 0 bridgehead atoms. The molecule has 2 aromatic rings. The number of nitriles is 1. The van der Waals surface area contributed by atoms with Crippen LogP contribution in [0.3, 0.4) is 0 Å². The van der Waals surface area contributed by atoms with Gasteiger partial charge in [-0.25, -0.2) is 12.8 Å². The van der Waals surface area contributed by atoms with Crippen LogP contribution in [0.25, 0.3) is 0 Å². The highest BCUT2D eigenvalue weighted by molar-refractivity contribution is 7.92. The SMILES string of the molecule is N#Cc1ccc(F)c(NS(=O)(=O)c2cnn(C3CCOC3)c2)c1. The van der Waals surface area contributed by atoms with E-state index >= 15 is 0 Å². The number of hydrogen-bond donors (Lipinski definition) is 1. The highest BCUT2D eigenvalue weighted by atomic mass is 32.2. The molecule has 1 aliphatic heterocycles. The number of aromatic nitrogens is 2. The van der Waals surface area contributed by atoms with Crippen LogP contribution in [0.1, 0.15) is 18.0 Å². The predicted molar refractivity (Wildman–Crippen MR) is 78.6 cm³/mol. The number of benzene rings is 1. The molecule has 0 spiro atoms. The molecule has 0 aliphatic carbocycles. The Morgan fingerprint density at radius 3 is 3.00 bits per heavy atom. The molecule has 0 radical (unpaired) electrons. The van der Waals surface area contributed by atoms with Crippen molar-refractivity contribution in [3.8, 4) is 6.07 Å². The smallest absolute Gasteiger partial charge is 0.265 e. The summed E-state index contributed by atoms with van der Waals surface area (Å²) in [6, 6.07) is 5.27. The van der Waals surface area contributed by atoms with E-state index in [-0.39, 0.29) is 22.2 Å². The van der Waals surface area contributed by atoms with Gasteiger partial charge >= 0.3 is 0 Å². The van der Waals surface area contributed by atoms with Crippen LogP contribution in [-0.4, -0.2) is 31.4 Å². The lowest BCUT2D eigenvalue weighted by Crippen LogP contribution is -2.14. The van der Waals surface area contributed by atoms with Gasteiger partial charge in [0.15, 0.2) is 0 Å². The Bertz CT molecular complexity index is 866. The van der Waals surface area contributed by atoms with Gasteiger partial charge in [0.1, 0.15) is 10.7 Å². The third kappa shape index (κ3) is 3.18. The topological polar surface area (TPSA) is 97.0 Å². The maximum Gasteiger partial charge on any atom is 0.265 e. The molecule has 1 aromatic heterocycles. The number of nitrogens with zero attached hydrogens (tertiary/aromatic N) is 3. The van der Waals surface area contributed by atoms with Crippen molar-refractivity contribution in [2.24, 2.45) is 0 Å². The van der Waals surface area contributed by atoms with Crippen LogP contribution in [0.4, 0.5) is 10.1 Å². The molecule has 2 heterocycles. The lowest BCUT2D eigenvalue weighted by molar-refractivity contribution is 0.184. The number of nitrogens with one attached hydrogen (secondary N) is 1. The molecular weight excluding hydrogens is 323 g/mol. The van der Waals surface area contributed by atoms with E-state index in [9.17, 15) is 12.8 Å². The number of anilines is 1. The number of hydrogen-bond acceptors (Lipinski definition) is 5. The second kappa shape index (κ2) is 5.98. The van der Waals surface area contributed by atoms with Crippen molar-refractivity contribution in [3.05, 3.63) is 42.0 Å². The van der Waals surface area contributed by atoms with Crippen molar-refractivity contribution < 1.29 is 17.5 Å². The molecule has 1 N–H and O–H groups in total. The first-order valence-corrected chi connectivity index (χ1v) is 8.32. The average Bonchev–Trinajstić information content (AvgIpc) is 3.20. The number of rotatable bonds is 4. The van der Waals surface area contributed by atoms with Crippen LogP contribution in [0.15, 0.2) is 35.5 Å². The molecular formula is C14H13FN4O3S. The number of ether oxygens (including phenoxy) is 1. The van der Waals surface area contributed by atoms with Crippen molar-refractivity contribution in [2.45, 2.75) is 17.4 Å². The summed E-state index contributed by atoms with van der Waals surface area (Å²) in [5, 5.41) is 12.9. The van der Waals surface area contributed by atoms with E-state index in [2.05, 4.69) is 9.82 Å². The second-order valence-corrected chi connectivity index (χ2v) is 6.77. The molecule has 3 rings (SSSR count). The zero-order chi connectivity index (χ0) is 16.4. The Morgan fingerprint density at radius 2 is 2.30 bits per heavy atom. The van der Waals surface area contributed by atoms with E-state index in [1.54, 1.807) is 0 Å². The van der Waals surface area contributed by atoms with Gasteiger partial charge in [-0.05, 0) is 24.6 Å². The van der Waals surface area contributed by atoms with Crippen molar-refractivity contribution in [2.75, 3.05) is 17.9 Å². The molecule has 9 heteroatoms. The van der Waals surface area contributed by atoms with Gasteiger partial charge in [0.05, 0.1) is 36.2 Å². The van der Waals surface area contributed by atoms with Crippen LogP contribution >= 0.6 is 0 Å². The van der Waals surface area contributed by atoms with Crippen molar-refractivity contribution in [1.29, 1.82) is 5.26 Å². The molecule has 1 aliphatic rings. The number of sulfonamides is 1. The van der Waals surface area contributed by atoms with Crippen LogP contribution in [0, 0.1) is 17.1 Å². The largest absolute Gasteiger partial charge is 0.379 e. The predicted octanol–water partition coefficient (Wildman–Crippen LogP) is 1.66. The summed E-state index contributed by atoms with van der Waals surface area (Å²) in [5.74, 6) is -0.760. The van der Waals surface area contributed by atoms with E-state index < -0.39 is 15.8 Å². The van der Waals surface area contributed by atoms with Gasteiger partial charge in [-0.2, -0.15) is 10.4 Å². The van der Waals surface area contributed by atoms with E-state index in [0.717, 1.165) is 18.6 Å². The summed E-state index contributed by atoms with van der Waals surface area (Å²) in [4.78, 5) is -0.0776. The Kier molecular flexibility index (Phi) is 4.02. The molecule has 1 unspecified atom stereocenters. The maximum atomic E-state index is 13.7. The van der Waals surface area contributed by atoms with Crippen molar-refractivity contribution >= 4 is 15.7 Å². The van der Waals surface area contributed by atoms with E-state index in [1.165, 1.54) is 23.1 Å². The van der Waals surface area contributed by atoms with Crippen LogP contribution in [0.5, 0.6) is 0 Å². The Morgan fingerprint density at radius 1 is 1.48 bits per heavy atom. The van der Waals surface area contributed by atoms with Crippen molar-refractivity contribution in [1.82, 2.24) is 9.78 Å². The number of halogens is 1. The van der Waals surface area contributed by atoms with Gasteiger partial charge in [-0.3, -0.25) is 9.40 Å². The maximum absolute atomic E-state index is 13.7. The summed E-state index contributed by atoms with van der Waals surface area (Å²) in [6.07, 6.45) is 3.34. The van der Waals surface area contributed by atoms with Gasteiger partial charge < -0.3 is 4.74 Å². The van der Waals surface area contributed by atoms with Gasteiger partial charge in [0.25, 0.3) is 10.0 Å². The molecule has 1 saturated heterocycles. The summed E-state index contributed by atoms with van der Waals surface area (Å²) in [6.45, 7) is 1.09. The molecule has 120 valence electrons. The van der Waals surface area contributed by atoms with Gasteiger partial charge in [0, 0.05) is 12.8 Å². The Labute approximate surface area is 132 Å². The van der Waals surface area contributed by atoms with Gasteiger partial charge in [-0.15, -0.1) is 0 Å². The third-order valence-electron chi connectivity index (χ3n) is 3.51. The summed E-state index contributed by atoms with van der Waals surface area (Å²) in [5.41, 5.74) is -0.121. The highest BCUT2D eigenvalue weighted by Crippen LogP contribution is 2.23. The minimum atomic E-state index is -3.99. The normalized spacial score (nSPS) is 17.8. The molecule has 1 aromatic carbocycles. The minimum absolute atomic E-state index is 0.00222. The molecule has 1 atom stereocenters. The van der Waals surface area contributed by atoms with Gasteiger partial charge in [0.2, 0.25) is 0 Å². The molecule has 7 nitrogen and oxygen atoms in total. The Balaban J connectivity index is 1.86. The fourth-order valence-electron chi connectivity index (χ4n) is 2.27. The zero-order valence-corrected chi connectivity index (χ0v) is 12.8. The van der Waals surface area contributed by atoms with Crippen molar-refractivity contribution in [3.63, 3.8) is 0 Å². The zero-order valence-electron chi connectivity index (χ0n) is 11.9. The van der Waals surface area contributed by atoms with Crippen LogP contribution in [-0.2, 0) is 14.8 Å².